The zero-order valence-electron chi connectivity index (χ0n) is 15.8. The molecule has 1 unspecified atom stereocenters. The van der Waals surface area contributed by atoms with Crippen molar-refractivity contribution >= 4 is 17.8 Å². The van der Waals surface area contributed by atoms with Gasteiger partial charge in [0.15, 0.2) is 0 Å². The van der Waals surface area contributed by atoms with E-state index < -0.39 is 0 Å². The molecule has 3 aliphatic heterocycles. The first-order valence-electron chi connectivity index (χ1n) is 9.81. The van der Waals surface area contributed by atoms with E-state index in [1.54, 1.807) is 18.5 Å². The summed E-state index contributed by atoms with van der Waals surface area (Å²) in [5, 5.41) is 0. The van der Waals surface area contributed by atoms with E-state index >= 15 is 0 Å². The Bertz CT molecular complexity index is 682. The van der Waals surface area contributed by atoms with Gasteiger partial charge < -0.3 is 14.5 Å². The van der Waals surface area contributed by atoms with Crippen LogP contribution in [0, 0.1) is 5.41 Å². The van der Waals surface area contributed by atoms with Gasteiger partial charge in [-0.15, -0.1) is 0 Å². The van der Waals surface area contributed by atoms with Crippen molar-refractivity contribution in [3.8, 4) is 0 Å². The molecule has 4 heterocycles. The first-order valence-corrected chi connectivity index (χ1v) is 9.81. The van der Waals surface area contributed by atoms with Crippen LogP contribution < -0.4 is 4.90 Å². The maximum atomic E-state index is 13.0. The van der Waals surface area contributed by atoms with Gasteiger partial charge in [0.1, 0.15) is 0 Å². The molecule has 1 atom stereocenters. The van der Waals surface area contributed by atoms with E-state index in [0.717, 1.165) is 51.4 Å². The van der Waals surface area contributed by atoms with Crippen molar-refractivity contribution in [1.29, 1.82) is 0 Å². The molecule has 3 fully saturated rings. The molecule has 1 aromatic rings. The summed E-state index contributed by atoms with van der Waals surface area (Å²) in [6.45, 7) is 6.95. The van der Waals surface area contributed by atoms with Gasteiger partial charge in [0.05, 0.1) is 18.1 Å². The van der Waals surface area contributed by atoms with Gasteiger partial charge in [0.2, 0.25) is 11.9 Å². The Morgan fingerprint density at radius 3 is 2.33 bits per heavy atom. The quantitative estimate of drug-likeness (QED) is 0.716. The number of cyclic esters (lactones) is 1. The highest BCUT2D eigenvalue weighted by molar-refractivity contribution is 5.82. The van der Waals surface area contributed by atoms with Crippen LogP contribution in [0.1, 0.15) is 26.2 Å². The summed E-state index contributed by atoms with van der Waals surface area (Å²) in [5.41, 5.74) is -0.291. The number of nitrogens with zero attached hydrogens (tertiary/aromatic N) is 5. The van der Waals surface area contributed by atoms with Crippen molar-refractivity contribution in [1.82, 2.24) is 19.8 Å². The second-order valence-electron chi connectivity index (χ2n) is 7.74. The highest BCUT2D eigenvalue weighted by Crippen LogP contribution is 2.40. The van der Waals surface area contributed by atoms with Crippen LogP contribution in [0.25, 0.3) is 0 Å². The number of carbonyl (C=O) groups is 2. The predicted molar refractivity (Wildman–Crippen MR) is 99.1 cm³/mol. The van der Waals surface area contributed by atoms with Crippen LogP contribution in [0.5, 0.6) is 0 Å². The molecular formula is C19H27N5O3. The lowest BCUT2D eigenvalue weighted by Crippen LogP contribution is -2.56. The minimum atomic E-state index is -0.291. The Kier molecular flexibility index (Phi) is 4.99. The third-order valence-electron chi connectivity index (χ3n) is 6.33. The van der Waals surface area contributed by atoms with Crippen LogP contribution in [0.15, 0.2) is 18.5 Å². The van der Waals surface area contributed by atoms with Crippen molar-refractivity contribution in [2.45, 2.75) is 32.2 Å². The fraction of sp³-hybridized carbons (Fsp3) is 0.684. The Morgan fingerprint density at radius 2 is 1.74 bits per heavy atom. The van der Waals surface area contributed by atoms with Crippen molar-refractivity contribution in [2.24, 2.45) is 5.41 Å². The van der Waals surface area contributed by atoms with Gasteiger partial charge in [-0.1, -0.05) is 0 Å². The van der Waals surface area contributed by atoms with E-state index in [0.29, 0.717) is 19.7 Å². The second kappa shape index (κ2) is 7.42. The SMILES string of the molecule is CC(C(=O)N1CCN(c2ncccn2)CC1)N1CCC2(CCOC2=O)CC1. The number of piperidine rings is 1. The highest BCUT2D eigenvalue weighted by atomic mass is 16.5. The van der Waals surface area contributed by atoms with Crippen molar-refractivity contribution < 1.29 is 14.3 Å². The van der Waals surface area contributed by atoms with E-state index in [4.69, 9.17) is 4.74 Å². The Morgan fingerprint density at radius 1 is 1.07 bits per heavy atom. The Labute approximate surface area is 159 Å². The number of aromatic nitrogens is 2. The molecule has 0 aliphatic carbocycles. The molecule has 4 rings (SSSR count). The molecule has 0 aromatic carbocycles. The monoisotopic (exact) mass is 373 g/mol. The topological polar surface area (TPSA) is 78.9 Å². The lowest BCUT2D eigenvalue weighted by Gasteiger charge is -2.41. The van der Waals surface area contributed by atoms with E-state index in [9.17, 15) is 9.59 Å². The van der Waals surface area contributed by atoms with Gasteiger partial charge in [-0.25, -0.2) is 9.97 Å². The van der Waals surface area contributed by atoms with Crippen LogP contribution in [0.3, 0.4) is 0 Å². The number of likely N-dealkylation sites (tertiary alicyclic amines) is 1. The molecule has 3 aliphatic rings. The fourth-order valence-corrected chi connectivity index (χ4v) is 4.39. The van der Waals surface area contributed by atoms with Gasteiger partial charge in [-0.2, -0.15) is 0 Å². The first-order chi connectivity index (χ1) is 13.1. The third kappa shape index (κ3) is 3.50. The van der Waals surface area contributed by atoms with Crippen LogP contribution in [0.4, 0.5) is 5.95 Å². The molecule has 1 aromatic heterocycles. The number of hydrogen-bond donors (Lipinski definition) is 0. The van der Waals surface area contributed by atoms with Gasteiger partial charge in [0.25, 0.3) is 0 Å². The second-order valence-corrected chi connectivity index (χ2v) is 7.74. The normalized spacial score (nSPS) is 24.1. The molecule has 146 valence electrons. The molecule has 0 saturated carbocycles. The molecule has 0 radical (unpaired) electrons. The number of ether oxygens (including phenoxy) is 1. The van der Waals surface area contributed by atoms with Gasteiger partial charge >= 0.3 is 5.97 Å². The summed E-state index contributed by atoms with van der Waals surface area (Å²) in [5.74, 6) is 0.858. The third-order valence-corrected chi connectivity index (χ3v) is 6.33. The van der Waals surface area contributed by atoms with Crippen LogP contribution >= 0.6 is 0 Å². The molecule has 1 spiro atoms. The smallest absolute Gasteiger partial charge is 0.312 e. The zero-order valence-corrected chi connectivity index (χ0v) is 15.8. The fourth-order valence-electron chi connectivity index (χ4n) is 4.39. The predicted octanol–water partition coefficient (Wildman–Crippen LogP) is 0.543. The summed E-state index contributed by atoms with van der Waals surface area (Å²) in [4.78, 5) is 39.8. The van der Waals surface area contributed by atoms with E-state index in [1.165, 1.54) is 0 Å². The number of amides is 1. The number of anilines is 1. The van der Waals surface area contributed by atoms with Gasteiger partial charge in [-0.05, 0) is 32.3 Å². The molecular weight excluding hydrogens is 346 g/mol. The average molecular weight is 373 g/mol. The zero-order chi connectivity index (χ0) is 18.9. The number of hydrogen-bond acceptors (Lipinski definition) is 7. The number of esters is 1. The lowest BCUT2D eigenvalue weighted by molar-refractivity contribution is -0.149. The van der Waals surface area contributed by atoms with E-state index in [2.05, 4.69) is 19.8 Å². The molecule has 27 heavy (non-hydrogen) atoms. The summed E-state index contributed by atoms with van der Waals surface area (Å²) in [6.07, 6.45) is 5.90. The first kappa shape index (κ1) is 18.2. The van der Waals surface area contributed by atoms with E-state index in [-0.39, 0.29) is 23.3 Å². The molecule has 8 nitrogen and oxygen atoms in total. The Hall–Kier alpha value is -2.22. The maximum Gasteiger partial charge on any atom is 0.312 e. The summed E-state index contributed by atoms with van der Waals surface area (Å²) < 4.78 is 5.18. The molecule has 3 saturated heterocycles. The molecule has 0 N–H and O–H groups in total. The summed E-state index contributed by atoms with van der Waals surface area (Å²) in [6, 6.07) is 1.65. The largest absolute Gasteiger partial charge is 0.465 e. The Balaban J connectivity index is 1.29. The van der Waals surface area contributed by atoms with E-state index in [1.807, 2.05) is 11.8 Å². The van der Waals surface area contributed by atoms with Crippen LogP contribution in [0.2, 0.25) is 0 Å². The summed E-state index contributed by atoms with van der Waals surface area (Å²) in [7, 11) is 0. The standard InChI is InChI=1S/C19H27N5O3/c1-15(22-8-3-19(4-9-22)5-14-27-17(19)26)16(25)23-10-12-24(13-11-23)18-20-6-2-7-21-18/h2,6-7,15H,3-5,8-14H2,1H3. The molecule has 0 bridgehead atoms. The maximum absolute atomic E-state index is 13.0. The van der Waals surface area contributed by atoms with Crippen molar-refractivity contribution in [3.63, 3.8) is 0 Å². The number of carbonyl (C=O) groups excluding carboxylic acids is 2. The molecule has 1 amide bonds. The summed E-state index contributed by atoms with van der Waals surface area (Å²) >= 11 is 0. The minimum absolute atomic E-state index is 0.0413. The number of piperazine rings is 1. The lowest BCUT2D eigenvalue weighted by atomic mass is 9.77. The minimum Gasteiger partial charge on any atom is -0.465 e. The molecule has 8 heteroatoms. The van der Waals surface area contributed by atoms with Crippen LogP contribution in [-0.2, 0) is 14.3 Å². The average Bonchev–Trinajstić information content (AvgIpc) is 3.08. The highest BCUT2D eigenvalue weighted by Gasteiger charge is 2.47. The van der Waals surface area contributed by atoms with Gasteiger partial charge in [-0.3, -0.25) is 14.5 Å². The number of rotatable bonds is 3. The van der Waals surface area contributed by atoms with Crippen LogP contribution in [-0.4, -0.2) is 83.6 Å². The van der Waals surface area contributed by atoms with Gasteiger partial charge in [0, 0.05) is 51.7 Å². The van der Waals surface area contributed by atoms with Crippen molar-refractivity contribution in [2.75, 3.05) is 50.8 Å². The van der Waals surface area contributed by atoms with Crippen molar-refractivity contribution in [3.05, 3.63) is 18.5 Å².